The number of aryl methyl sites for hydroxylation is 1. The predicted molar refractivity (Wildman–Crippen MR) is 75.3 cm³/mol. The van der Waals surface area contributed by atoms with Crippen LogP contribution in [0.1, 0.15) is 36.1 Å². The SMILES string of the molecule is CC(C)[C@@H](NC(=O)c1ccc[nH]c1=O)c1nccn1C. The molecule has 106 valence electrons. The van der Waals surface area contributed by atoms with Crippen LogP contribution in [0.3, 0.4) is 0 Å². The molecule has 0 aliphatic carbocycles. The van der Waals surface area contributed by atoms with Gasteiger partial charge in [0.1, 0.15) is 11.4 Å². The molecule has 20 heavy (non-hydrogen) atoms. The average Bonchev–Trinajstić information content (AvgIpc) is 2.82. The van der Waals surface area contributed by atoms with E-state index in [1.54, 1.807) is 12.3 Å². The minimum absolute atomic E-state index is 0.104. The number of aromatic nitrogens is 3. The summed E-state index contributed by atoms with van der Waals surface area (Å²) in [5.74, 6) is 0.525. The summed E-state index contributed by atoms with van der Waals surface area (Å²) in [6.45, 7) is 3.99. The van der Waals surface area contributed by atoms with Gasteiger partial charge in [-0.2, -0.15) is 0 Å². The molecular formula is C14H18N4O2. The van der Waals surface area contributed by atoms with Gasteiger partial charge in [0, 0.05) is 25.6 Å². The fraction of sp³-hybridized carbons (Fsp3) is 0.357. The minimum Gasteiger partial charge on any atom is -0.342 e. The van der Waals surface area contributed by atoms with E-state index in [2.05, 4.69) is 15.3 Å². The van der Waals surface area contributed by atoms with Crippen molar-refractivity contribution in [3.8, 4) is 0 Å². The second kappa shape index (κ2) is 5.73. The zero-order valence-corrected chi connectivity index (χ0v) is 11.8. The molecule has 1 atom stereocenters. The van der Waals surface area contributed by atoms with Gasteiger partial charge >= 0.3 is 0 Å². The Labute approximate surface area is 116 Å². The van der Waals surface area contributed by atoms with Crippen LogP contribution in [0.5, 0.6) is 0 Å². The van der Waals surface area contributed by atoms with E-state index < -0.39 is 11.5 Å². The van der Waals surface area contributed by atoms with Crippen LogP contribution in [0.4, 0.5) is 0 Å². The predicted octanol–water partition coefficient (Wildman–Crippen LogP) is 1.24. The van der Waals surface area contributed by atoms with Crippen LogP contribution in [-0.2, 0) is 7.05 Å². The Morgan fingerprint density at radius 1 is 1.45 bits per heavy atom. The van der Waals surface area contributed by atoms with Crippen molar-refractivity contribution in [3.63, 3.8) is 0 Å². The molecule has 6 nitrogen and oxygen atoms in total. The number of imidazole rings is 1. The molecule has 0 fully saturated rings. The molecular weight excluding hydrogens is 256 g/mol. The van der Waals surface area contributed by atoms with Crippen LogP contribution in [0.2, 0.25) is 0 Å². The van der Waals surface area contributed by atoms with Crippen LogP contribution in [-0.4, -0.2) is 20.4 Å². The summed E-state index contributed by atoms with van der Waals surface area (Å²) in [5, 5.41) is 2.87. The highest BCUT2D eigenvalue weighted by atomic mass is 16.2. The highest BCUT2D eigenvalue weighted by Gasteiger charge is 2.23. The van der Waals surface area contributed by atoms with E-state index in [1.165, 1.54) is 12.3 Å². The first kappa shape index (κ1) is 14.0. The lowest BCUT2D eigenvalue weighted by Crippen LogP contribution is -2.36. The number of aromatic amines is 1. The molecule has 2 aromatic heterocycles. The van der Waals surface area contributed by atoms with Gasteiger partial charge in [0.2, 0.25) is 0 Å². The lowest BCUT2D eigenvalue weighted by Gasteiger charge is -2.21. The Bertz CT molecular complexity index is 657. The molecule has 0 unspecified atom stereocenters. The van der Waals surface area contributed by atoms with E-state index in [-0.39, 0.29) is 17.5 Å². The molecule has 2 N–H and O–H groups in total. The normalized spacial score (nSPS) is 12.4. The van der Waals surface area contributed by atoms with Crippen molar-refractivity contribution in [2.45, 2.75) is 19.9 Å². The van der Waals surface area contributed by atoms with Crippen LogP contribution in [0.15, 0.2) is 35.5 Å². The van der Waals surface area contributed by atoms with Crippen molar-refractivity contribution in [1.82, 2.24) is 19.9 Å². The third-order valence-electron chi connectivity index (χ3n) is 3.15. The van der Waals surface area contributed by atoms with E-state index in [1.807, 2.05) is 31.7 Å². The largest absolute Gasteiger partial charge is 0.342 e. The topological polar surface area (TPSA) is 79.8 Å². The first-order valence-corrected chi connectivity index (χ1v) is 6.46. The quantitative estimate of drug-likeness (QED) is 0.880. The van der Waals surface area contributed by atoms with Gasteiger partial charge in [0.05, 0.1) is 6.04 Å². The third kappa shape index (κ3) is 2.79. The Hall–Kier alpha value is -2.37. The fourth-order valence-corrected chi connectivity index (χ4v) is 2.03. The average molecular weight is 274 g/mol. The van der Waals surface area contributed by atoms with Crippen molar-refractivity contribution in [1.29, 1.82) is 0 Å². The van der Waals surface area contributed by atoms with Gasteiger partial charge in [-0.3, -0.25) is 9.59 Å². The molecule has 6 heteroatoms. The van der Waals surface area contributed by atoms with E-state index in [0.29, 0.717) is 0 Å². The Morgan fingerprint density at radius 2 is 2.20 bits per heavy atom. The number of hydrogen-bond donors (Lipinski definition) is 2. The van der Waals surface area contributed by atoms with Gasteiger partial charge in [-0.1, -0.05) is 13.8 Å². The zero-order chi connectivity index (χ0) is 14.7. The number of carbonyl (C=O) groups is 1. The Kier molecular flexibility index (Phi) is 4.02. The standard InChI is InChI=1S/C14H18N4O2/c1-9(2)11(12-15-7-8-18(12)3)17-14(20)10-5-4-6-16-13(10)19/h4-9,11H,1-3H3,(H,16,19)(H,17,20)/t11-/m1/s1. The number of rotatable bonds is 4. The molecule has 2 rings (SSSR count). The molecule has 0 saturated carbocycles. The summed E-state index contributed by atoms with van der Waals surface area (Å²) >= 11 is 0. The summed E-state index contributed by atoms with van der Waals surface area (Å²) in [7, 11) is 1.87. The molecule has 0 spiro atoms. The van der Waals surface area contributed by atoms with E-state index in [0.717, 1.165) is 5.82 Å². The van der Waals surface area contributed by atoms with Crippen molar-refractivity contribution >= 4 is 5.91 Å². The molecule has 0 aliphatic rings. The van der Waals surface area contributed by atoms with Gasteiger partial charge in [0.25, 0.3) is 11.5 Å². The lowest BCUT2D eigenvalue weighted by atomic mass is 10.0. The first-order chi connectivity index (χ1) is 9.50. The maximum absolute atomic E-state index is 12.2. The van der Waals surface area contributed by atoms with Crippen molar-refractivity contribution in [2.75, 3.05) is 0 Å². The molecule has 0 saturated heterocycles. The van der Waals surface area contributed by atoms with E-state index in [4.69, 9.17) is 0 Å². The first-order valence-electron chi connectivity index (χ1n) is 6.46. The molecule has 0 bridgehead atoms. The van der Waals surface area contributed by atoms with Crippen LogP contribution < -0.4 is 10.9 Å². The second-order valence-electron chi connectivity index (χ2n) is 5.00. The monoisotopic (exact) mass is 274 g/mol. The molecule has 2 aromatic rings. The van der Waals surface area contributed by atoms with Gasteiger partial charge in [-0.05, 0) is 18.1 Å². The highest BCUT2D eigenvalue weighted by Crippen LogP contribution is 2.19. The fourth-order valence-electron chi connectivity index (χ4n) is 2.03. The number of amides is 1. The number of nitrogens with zero attached hydrogens (tertiary/aromatic N) is 2. The summed E-state index contributed by atoms with van der Waals surface area (Å²) < 4.78 is 1.86. The number of H-pyrrole nitrogens is 1. The summed E-state index contributed by atoms with van der Waals surface area (Å²) in [4.78, 5) is 30.6. The second-order valence-corrected chi connectivity index (χ2v) is 5.00. The molecule has 1 amide bonds. The summed E-state index contributed by atoms with van der Waals surface area (Å²) in [5.41, 5.74) is -0.292. The van der Waals surface area contributed by atoms with Gasteiger partial charge < -0.3 is 14.9 Å². The zero-order valence-electron chi connectivity index (χ0n) is 11.8. The van der Waals surface area contributed by atoms with Crippen LogP contribution >= 0.6 is 0 Å². The Balaban J connectivity index is 2.26. The minimum atomic E-state index is -0.396. The number of pyridine rings is 1. The van der Waals surface area contributed by atoms with Crippen LogP contribution in [0, 0.1) is 5.92 Å². The maximum Gasteiger partial charge on any atom is 0.260 e. The van der Waals surface area contributed by atoms with Crippen LogP contribution in [0.25, 0.3) is 0 Å². The highest BCUT2D eigenvalue weighted by molar-refractivity contribution is 5.93. The molecule has 0 aliphatic heterocycles. The Morgan fingerprint density at radius 3 is 2.75 bits per heavy atom. The molecule has 0 aromatic carbocycles. The summed E-state index contributed by atoms with van der Waals surface area (Å²) in [6, 6.07) is 2.88. The van der Waals surface area contributed by atoms with E-state index >= 15 is 0 Å². The van der Waals surface area contributed by atoms with E-state index in [9.17, 15) is 9.59 Å². The van der Waals surface area contributed by atoms with Gasteiger partial charge in [0.15, 0.2) is 0 Å². The summed E-state index contributed by atoms with van der Waals surface area (Å²) in [6.07, 6.45) is 5.01. The molecule has 2 heterocycles. The van der Waals surface area contributed by atoms with Crippen molar-refractivity contribution in [3.05, 3.63) is 52.5 Å². The lowest BCUT2D eigenvalue weighted by molar-refractivity contribution is 0.0921. The smallest absolute Gasteiger partial charge is 0.260 e. The van der Waals surface area contributed by atoms with Crippen molar-refractivity contribution in [2.24, 2.45) is 13.0 Å². The van der Waals surface area contributed by atoms with Gasteiger partial charge in [-0.25, -0.2) is 4.98 Å². The maximum atomic E-state index is 12.2. The van der Waals surface area contributed by atoms with Crippen molar-refractivity contribution < 1.29 is 4.79 Å². The number of hydrogen-bond acceptors (Lipinski definition) is 3. The number of nitrogens with one attached hydrogen (secondary N) is 2. The molecule has 0 radical (unpaired) electrons. The number of carbonyl (C=O) groups excluding carboxylic acids is 1. The van der Waals surface area contributed by atoms with Gasteiger partial charge in [-0.15, -0.1) is 0 Å². The third-order valence-corrected chi connectivity index (χ3v) is 3.15.